The van der Waals surface area contributed by atoms with Gasteiger partial charge in [-0.25, -0.2) is 4.79 Å². The molecule has 1 aliphatic rings. The Morgan fingerprint density at radius 1 is 1.19 bits per heavy atom. The predicted molar refractivity (Wildman–Crippen MR) is 111 cm³/mol. The van der Waals surface area contributed by atoms with Crippen LogP contribution in [0.4, 0.5) is 11.5 Å². The summed E-state index contributed by atoms with van der Waals surface area (Å²) in [4.78, 5) is 24.7. The lowest BCUT2D eigenvalue weighted by molar-refractivity contribution is 0.337. The number of nitrogens with two attached hydrogens (primary N) is 2. The van der Waals surface area contributed by atoms with E-state index in [1.54, 1.807) is 14.1 Å². The zero-order chi connectivity index (χ0) is 19.8. The van der Waals surface area contributed by atoms with E-state index >= 15 is 0 Å². The summed E-state index contributed by atoms with van der Waals surface area (Å²) < 4.78 is 2.54. The Balaban J connectivity index is 1.74. The number of nitrogens with one attached hydrogen (secondary N) is 2. The number of unbranched alkanes of at least 4 members (excludes halogenated alkanes) is 1. The standard InChI is InChI=1S/C19H36N6O2/c1-22-16-17(21)24(2)19(27)25(18(16)26)11-7-6-10-15(20)13-23-12-14-8-4-3-5-9-14/h14-15,22-23H,3-13,20-21H2,1-2H3. The first-order valence-electron chi connectivity index (χ1n) is 10.2. The minimum absolute atomic E-state index is 0.104. The maximum atomic E-state index is 12.4. The van der Waals surface area contributed by atoms with Gasteiger partial charge < -0.3 is 22.1 Å². The van der Waals surface area contributed by atoms with Gasteiger partial charge in [0.15, 0.2) is 0 Å². The molecular weight excluding hydrogens is 344 g/mol. The Morgan fingerprint density at radius 2 is 1.89 bits per heavy atom. The zero-order valence-corrected chi connectivity index (χ0v) is 16.8. The molecule has 0 radical (unpaired) electrons. The van der Waals surface area contributed by atoms with Crippen LogP contribution in [0.25, 0.3) is 0 Å². The number of nitrogens with zero attached hydrogens (tertiary/aromatic N) is 2. The molecule has 2 rings (SSSR count). The van der Waals surface area contributed by atoms with Crippen LogP contribution in [0.5, 0.6) is 0 Å². The van der Waals surface area contributed by atoms with Gasteiger partial charge in [0.25, 0.3) is 5.56 Å². The Morgan fingerprint density at radius 3 is 2.56 bits per heavy atom. The van der Waals surface area contributed by atoms with Crippen molar-refractivity contribution in [2.75, 3.05) is 31.2 Å². The van der Waals surface area contributed by atoms with Crippen molar-refractivity contribution >= 4 is 11.5 Å². The molecule has 1 saturated carbocycles. The number of nitrogen functional groups attached to an aromatic ring is 1. The number of anilines is 2. The minimum Gasteiger partial charge on any atom is -0.383 e. The highest BCUT2D eigenvalue weighted by Gasteiger charge is 2.15. The molecule has 27 heavy (non-hydrogen) atoms. The van der Waals surface area contributed by atoms with E-state index in [1.807, 2.05) is 0 Å². The molecule has 1 aliphatic carbocycles. The summed E-state index contributed by atoms with van der Waals surface area (Å²) >= 11 is 0. The average molecular weight is 381 g/mol. The fourth-order valence-electron chi connectivity index (χ4n) is 3.86. The van der Waals surface area contributed by atoms with Crippen LogP contribution in [0.15, 0.2) is 9.59 Å². The summed E-state index contributed by atoms with van der Waals surface area (Å²) in [7, 11) is 3.20. The maximum absolute atomic E-state index is 12.4. The Kier molecular flexibility index (Phi) is 8.37. The zero-order valence-electron chi connectivity index (χ0n) is 16.8. The molecule has 154 valence electrons. The van der Waals surface area contributed by atoms with Gasteiger partial charge in [0, 0.05) is 33.2 Å². The highest BCUT2D eigenvalue weighted by molar-refractivity contribution is 5.60. The lowest BCUT2D eigenvalue weighted by atomic mass is 9.89. The van der Waals surface area contributed by atoms with E-state index in [0.717, 1.165) is 38.3 Å². The van der Waals surface area contributed by atoms with E-state index in [2.05, 4.69) is 10.6 Å². The van der Waals surface area contributed by atoms with Gasteiger partial charge in [0.2, 0.25) is 0 Å². The summed E-state index contributed by atoms with van der Waals surface area (Å²) in [6, 6.07) is 0.104. The second kappa shape index (κ2) is 10.5. The number of hydrogen-bond donors (Lipinski definition) is 4. The maximum Gasteiger partial charge on any atom is 0.332 e. The smallest absolute Gasteiger partial charge is 0.332 e. The van der Waals surface area contributed by atoms with Gasteiger partial charge in [0.1, 0.15) is 11.5 Å². The summed E-state index contributed by atoms with van der Waals surface area (Å²) in [6.45, 7) is 2.27. The van der Waals surface area contributed by atoms with E-state index in [1.165, 1.54) is 41.2 Å². The summed E-state index contributed by atoms with van der Waals surface area (Å²) in [5.41, 5.74) is 11.5. The van der Waals surface area contributed by atoms with Crippen molar-refractivity contribution in [2.45, 2.75) is 64.0 Å². The molecule has 0 aliphatic heterocycles. The van der Waals surface area contributed by atoms with E-state index in [0.29, 0.717) is 6.54 Å². The molecule has 1 heterocycles. The molecule has 0 spiro atoms. The number of aromatic nitrogens is 2. The molecule has 8 nitrogen and oxygen atoms in total. The van der Waals surface area contributed by atoms with Crippen LogP contribution in [0.2, 0.25) is 0 Å². The van der Waals surface area contributed by atoms with E-state index in [4.69, 9.17) is 11.5 Å². The molecule has 8 heteroatoms. The molecule has 1 fully saturated rings. The molecule has 0 saturated heterocycles. The molecule has 1 atom stereocenters. The largest absolute Gasteiger partial charge is 0.383 e. The molecule has 6 N–H and O–H groups in total. The molecule has 0 amide bonds. The SMILES string of the molecule is CNc1c(N)n(C)c(=O)n(CCCCC(N)CNCC2CCCCC2)c1=O. The van der Waals surface area contributed by atoms with Crippen molar-refractivity contribution in [3.63, 3.8) is 0 Å². The third kappa shape index (κ3) is 5.84. The first-order valence-corrected chi connectivity index (χ1v) is 10.2. The van der Waals surface area contributed by atoms with Gasteiger partial charge >= 0.3 is 5.69 Å². The van der Waals surface area contributed by atoms with E-state index in [9.17, 15) is 9.59 Å². The minimum atomic E-state index is -0.380. The second-order valence-corrected chi connectivity index (χ2v) is 7.73. The highest BCUT2D eigenvalue weighted by Crippen LogP contribution is 2.22. The normalized spacial score (nSPS) is 16.4. The van der Waals surface area contributed by atoms with Gasteiger partial charge in [-0.15, -0.1) is 0 Å². The van der Waals surface area contributed by atoms with Gasteiger partial charge in [-0.05, 0) is 38.1 Å². The van der Waals surface area contributed by atoms with E-state index < -0.39 is 0 Å². The van der Waals surface area contributed by atoms with Gasteiger partial charge in [-0.2, -0.15) is 0 Å². The first kappa shape index (κ1) is 21.5. The summed E-state index contributed by atoms with van der Waals surface area (Å²) in [6.07, 6.45) is 9.26. The number of rotatable bonds is 10. The van der Waals surface area contributed by atoms with Crippen LogP contribution in [0.1, 0.15) is 51.4 Å². The second-order valence-electron chi connectivity index (χ2n) is 7.73. The number of hydrogen-bond acceptors (Lipinski definition) is 6. The quantitative estimate of drug-likeness (QED) is 0.447. The van der Waals surface area contributed by atoms with Crippen LogP contribution in [-0.2, 0) is 13.6 Å². The molecular formula is C19H36N6O2. The Hall–Kier alpha value is -1.80. The van der Waals surface area contributed by atoms with Gasteiger partial charge in [0.05, 0.1) is 0 Å². The summed E-state index contributed by atoms with van der Waals surface area (Å²) in [5, 5.41) is 6.29. The third-order valence-corrected chi connectivity index (χ3v) is 5.62. The van der Waals surface area contributed by atoms with Crippen molar-refractivity contribution in [1.82, 2.24) is 14.5 Å². The average Bonchev–Trinajstić information content (AvgIpc) is 2.67. The summed E-state index contributed by atoms with van der Waals surface area (Å²) in [5.74, 6) is 0.968. The van der Waals surface area contributed by atoms with E-state index in [-0.39, 0.29) is 28.8 Å². The fraction of sp³-hybridized carbons (Fsp3) is 0.789. The molecule has 1 aromatic heterocycles. The third-order valence-electron chi connectivity index (χ3n) is 5.62. The van der Waals surface area contributed by atoms with Gasteiger partial charge in [-0.1, -0.05) is 25.7 Å². The fourth-order valence-corrected chi connectivity index (χ4v) is 3.86. The molecule has 1 unspecified atom stereocenters. The highest BCUT2D eigenvalue weighted by atomic mass is 16.2. The van der Waals surface area contributed by atoms with Gasteiger partial charge in [-0.3, -0.25) is 13.9 Å². The van der Waals surface area contributed by atoms with Crippen molar-refractivity contribution in [2.24, 2.45) is 18.7 Å². The molecule has 1 aromatic rings. The molecule has 0 bridgehead atoms. The van der Waals surface area contributed by atoms with Crippen LogP contribution in [0.3, 0.4) is 0 Å². The van der Waals surface area contributed by atoms with Crippen LogP contribution in [-0.4, -0.2) is 35.3 Å². The van der Waals surface area contributed by atoms with Crippen molar-refractivity contribution in [3.05, 3.63) is 20.8 Å². The predicted octanol–water partition coefficient (Wildman–Crippen LogP) is 0.838. The lowest BCUT2D eigenvalue weighted by Crippen LogP contribution is -2.41. The van der Waals surface area contributed by atoms with Crippen molar-refractivity contribution in [3.8, 4) is 0 Å². The lowest BCUT2D eigenvalue weighted by Gasteiger charge is -2.22. The topological polar surface area (TPSA) is 120 Å². The molecule has 0 aromatic carbocycles. The van der Waals surface area contributed by atoms with Crippen LogP contribution >= 0.6 is 0 Å². The monoisotopic (exact) mass is 380 g/mol. The first-order chi connectivity index (χ1) is 13.0. The van der Waals surface area contributed by atoms with Crippen LogP contribution < -0.4 is 33.3 Å². The Labute approximate surface area is 161 Å². The Bertz CT molecular complexity index is 705. The van der Waals surface area contributed by atoms with Crippen LogP contribution in [0, 0.1) is 5.92 Å². The van der Waals surface area contributed by atoms with Crippen molar-refractivity contribution in [1.29, 1.82) is 0 Å². The van der Waals surface area contributed by atoms with Crippen molar-refractivity contribution < 1.29 is 0 Å².